The van der Waals surface area contributed by atoms with E-state index in [0.29, 0.717) is 6.42 Å². The molecule has 19 heavy (non-hydrogen) atoms. The molecule has 0 spiro atoms. The third-order valence-corrected chi connectivity index (χ3v) is 2.69. The second kappa shape index (κ2) is 5.79. The van der Waals surface area contributed by atoms with Crippen LogP contribution >= 0.6 is 0 Å². The summed E-state index contributed by atoms with van der Waals surface area (Å²) in [6, 6.07) is -1.34. The largest absolute Gasteiger partial charge is 0.480 e. The molecule has 1 amide bonds. The van der Waals surface area contributed by atoms with E-state index in [1.807, 2.05) is 0 Å². The number of hydrogen-bond acceptors (Lipinski definition) is 4. The number of amides is 1. The van der Waals surface area contributed by atoms with Gasteiger partial charge in [0.25, 0.3) is 0 Å². The third kappa shape index (κ3) is 4.33. The zero-order valence-electron chi connectivity index (χ0n) is 11.2. The molecule has 8 nitrogen and oxygen atoms in total. The van der Waals surface area contributed by atoms with Crippen molar-refractivity contribution in [3.63, 3.8) is 0 Å². The molecule has 1 heterocycles. The minimum Gasteiger partial charge on any atom is -0.480 e. The second-order valence-electron chi connectivity index (χ2n) is 5.42. The molecule has 0 aromatic rings. The van der Waals surface area contributed by atoms with Crippen LogP contribution in [0.1, 0.15) is 33.6 Å². The molecule has 1 aliphatic rings. The van der Waals surface area contributed by atoms with Crippen LogP contribution < -0.4 is 0 Å². The van der Waals surface area contributed by atoms with E-state index in [1.54, 1.807) is 20.8 Å². The Hall–Kier alpha value is -1.95. The summed E-state index contributed by atoms with van der Waals surface area (Å²) in [6.07, 6.45) is -0.00349. The lowest BCUT2D eigenvalue weighted by molar-refractivity contribution is -0.144. The quantitative estimate of drug-likeness (QED) is 0.470. The van der Waals surface area contributed by atoms with Crippen molar-refractivity contribution >= 4 is 12.1 Å². The molecule has 1 fully saturated rings. The topological polar surface area (TPSA) is 116 Å². The number of nitrogens with zero attached hydrogens (tertiary/aromatic N) is 4. The monoisotopic (exact) mass is 270 g/mol. The molecule has 0 radical (unpaired) electrons. The number of hydrogen-bond donors (Lipinski definition) is 1. The molecule has 1 aliphatic heterocycles. The number of piperidine rings is 1. The van der Waals surface area contributed by atoms with Crippen molar-refractivity contribution in [3.05, 3.63) is 10.4 Å². The van der Waals surface area contributed by atoms with E-state index in [2.05, 4.69) is 10.0 Å². The fourth-order valence-electron chi connectivity index (χ4n) is 1.90. The number of azide groups is 1. The lowest BCUT2D eigenvalue weighted by atomic mass is 9.99. The summed E-state index contributed by atoms with van der Waals surface area (Å²) >= 11 is 0. The van der Waals surface area contributed by atoms with Gasteiger partial charge in [-0.05, 0) is 39.1 Å². The van der Waals surface area contributed by atoms with E-state index in [-0.39, 0.29) is 13.0 Å². The van der Waals surface area contributed by atoms with Crippen LogP contribution in [0.3, 0.4) is 0 Å². The van der Waals surface area contributed by atoms with Gasteiger partial charge in [0.05, 0.1) is 6.04 Å². The maximum atomic E-state index is 12.0. The van der Waals surface area contributed by atoms with Crippen LogP contribution in [0.15, 0.2) is 5.11 Å². The van der Waals surface area contributed by atoms with Gasteiger partial charge in [-0.3, -0.25) is 4.90 Å². The van der Waals surface area contributed by atoms with Crippen LogP contribution in [-0.2, 0) is 9.53 Å². The van der Waals surface area contributed by atoms with Crippen LogP contribution in [0, 0.1) is 0 Å². The maximum absolute atomic E-state index is 12.0. The summed E-state index contributed by atoms with van der Waals surface area (Å²) < 4.78 is 5.17. The summed E-state index contributed by atoms with van der Waals surface area (Å²) in [5, 5.41) is 12.7. The summed E-state index contributed by atoms with van der Waals surface area (Å²) in [4.78, 5) is 26.9. The summed E-state index contributed by atoms with van der Waals surface area (Å²) in [7, 11) is 0. The molecule has 106 valence electrons. The Morgan fingerprint density at radius 3 is 2.53 bits per heavy atom. The van der Waals surface area contributed by atoms with E-state index >= 15 is 0 Å². The lowest BCUT2D eigenvalue weighted by Gasteiger charge is -2.36. The van der Waals surface area contributed by atoms with E-state index in [9.17, 15) is 9.59 Å². The Morgan fingerprint density at radius 1 is 1.42 bits per heavy atom. The van der Waals surface area contributed by atoms with E-state index in [0.717, 1.165) is 4.90 Å². The first-order valence-corrected chi connectivity index (χ1v) is 6.01. The highest BCUT2D eigenvalue weighted by atomic mass is 16.6. The van der Waals surface area contributed by atoms with Gasteiger partial charge in [-0.25, -0.2) is 9.59 Å². The standard InChI is InChI=1S/C11H18N4O4/c1-11(2,3)19-10(18)15-6-7(13-14-12)4-5-8(15)9(16)17/h7-8H,4-6H2,1-3H3,(H,16,17). The summed E-state index contributed by atoms with van der Waals surface area (Å²) in [6.45, 7) is 5.18. The molecule has 0 saturated carbocycles. The highest BCUT2D eigenvalue weighted by Gasteiger charge is 2.37. The fraction of sp³-hybridized carbons (Fsp3) is 0.818. The molecular formula is C11H18N4O4. The van der Waals surface area contributed by atoms with Gasteiger partial charge < -0.3 is 9.84 Å². The average molecular weight is 270 g/mol. The first kappa shape index (κ1) is 15.1. The first-order valence-electron chi connectivity index (χ1n) is 6.01. The number of rotatable bonds is 2. The maximum Gasteiger partial charge on any atom is 0.411 e. The smallest absolute Gasteiger partial charge is 0.411 e. The molecule has 0 bridgehead atoms. The van der Waals surface area contributed by atoms with Crippen LogP contribution in [0.25, 0.3) is 10.4 Å². The van der Waals surface area contributed by atoms with Gasteiger partial charge in [-0.2, -0.15) is 0 Å². The lowest BCUT2D eigenvalue weighted by Crippen LogP contribution is -2.53. The molecule has 0 aromatic heterocycles. The fourth-order valence-corrected chi connectivity index (χ4v) is 1.90. The van der Waals surface area contributed by atoms with Crippen molar-refractivity contribution < 1.29 is 19.4 Å². The van der Waals surface area contributed by atoms with Crippen molar-refractivity contribution in [2.75, 3.05) is 6.54 Å². The summed E-state index contributed by atoms with van der Waals surface area (Å²) in [5.74, 6) is -1.08. The predicted octanol–water partition coefficient (Wildman–Crippen LogP) is 2.15. The van der Waals surface area contributed by atoms with Crippen LogP contribution in [-0.4, -0.2) is 46.3 Å². The third-order valence-electron chi connectivity index (χ3n) is 2.69. The van der Waals surface area contributed by atoms with Crippen molar-refractivity contribution in [3.8, 4) is 0 Å². The summed E-state index contributed by atoms with van der Waals surface area (Å²) in [5.41, 5.74) is 7.71. The van der Waals surface area contributed by atoms with Crippen LogP contribution in [0.4, 0.5) is 4.79 Å². The molecule has 0 aliphatic carbocycles. The molecular weight excluding hydrogens is 252 g/mol. The molecule has 1 saturated heterocycles. The minimum absolute atomic E-state index is 0.0654. The number of carbonyl (C=O) groups excluding carboxylic acids is 1. The van der Waals surface area contributed by atoms with Gasteiger partial charge >= 0.3 is 12.1 Å². The second-order valence-corrected chi connectivity index (χ2v) is 5.42. The number of ether oxygens (including phenoxy) is 1. The van der Waals surface area contributed by atoms with Gasteiger partial charge in [0.2, 0.25) is 0 Å². The zero-order chi connectivity index (χ0) is 14.6. The van der Waals surface area contributed by atoms with Gasteiger partial charge in [0, 0.05) is 11.5 Å². The highest BCUT2D eigenvalue weighted by Crippen LogP contribution is 2.22. The van der Waals surface area contributed by atoms with Gasteiger partial charge in [-0.15, -0.1) is 0 Å². The normalized spacial score (nSPS) is 23.4. The van der Waals surface area contributed by atoms with Gasteiger partial charge in [0.1, 0.15) is 11.6 Å². The van der Waals surface area contributed by atoms with Gasteiger partial charge in [-0.1, -0.05) is 5.11 Å². The Balaban J connectivity index is 2.85. The average Bonchev–Trinajstić information content (AvgIpc) is 2.26. The molecule has 2 atom stereocenters. The number of carboxylic acid groups (broad SMARTS) is 1. The van der Waals surface area contributed by atoms with E-state index < -0.39 is 29.7 Å². The van der Waals surface area contributed by atoms with Gasteiger partial charge in [0.15, 0.2) is 0 Å². The molecule has 0 aromatic carbocycles. The number of carboxylic acids is 1. The number of likely N-dealkylation sites (tertiary alicyclic amines) is 1. The Morgan fingerprint density at radius 2 is 2.05 bits per heavy atom. The zero-order valence-corrected chi connectivity index (χ0v) is 11.2. The predicted molar refractivity (Wildman–Crippen MR) is 66.5 cm³/mol. The van der Waals surface area contributed by atoms with Crippen molar-refractivity contribution in [2.45, 2.75) is 51.3 Å². The molecule has 1 N–H and O–H groups in total. The molecule has 2 unspecified atom stereocenters. The van der Waals surface area contributed by atoms with E-state index in [4.69, 9.17) is 15.4 Å². The first-order chi connectivity index (χ1) is 8.74. The van der Waals surface area contributed by atoms with Crippen LogP contribution in [0.5, 0.6) is 0 Å². The number of carbonyl (C=O) groups is 2. The number of aliphatic carboxylic acids is 1. The highest BCUT2D eigenvalue weighted by molar-refractivity contribution is 5.80. The van der Waals surface area contributed by atoms with Crippen molar-refractivity contribution in [1.29, 1.82) is 0 Å². The minimum atomic E-state index is -1.08. The molecule has 8 heteroatoms. The van der Waals surface area contributed by atoms with Crippen molar-refractivity contribution in [2.24, 2.45) is 5.11 Å². The Kier molecular flexibility index (Phi) is 4.61. The van der Waals surface area contributed by atoms with E-state index in [1.165, 1.54) is 0 Å². The van der Waals surface area contributed by atoms with Crippen molar-refractivity contribution in [1.82, 2.24) is 4.90 Å². The molecule has 1 rings (SSSR count). The van der Waals surface area contributed by atoms with Crippen LogP contribution in [0.2, 0.25) is 0 Å². The Labute approximate surface area is 111 Å². The SMILES string of the molecule is CC(C)(C)OC(=O)N1CC(N=[N+]=[N-])CCC1C(=O)O. The Bertz CT molecular complexity index is 411.